The number of hydrogen-bond acceptors (Lipinski definition) is 9. The van der Waals surface area contributed by atoms with E-state index in [0.29, 0.717) is 17.3 Å². The first-order valence-corrected chi connectivity index (χ1v) is 12.7. The Hall–Kier alpha value is -4.65. The number of ether oxygens (including phenoxy) is 1. The normalized spacial score (nSPS) is 11.5. The van der Waals surface area contributed by atoms with Crippen LogP contribution in [-0.4, -0.2) is 48.4 Å². The molecule has 0 radical (unpaired) electrons. The van der Waals surface area contributed by atoms with Crippen LogP contribution in [0.3, 0.4) is 0 Å². The Bertz CT molecular complexity index is 1670. The van der Waals surface area contributed by atoms with E-state index in [1.807, 2.05) is 32.0 Å². The minimum atomic E-state index is -3.97. The average molecular weight is 518 g/mol. The maximum Gasteiger partial charge on any atom is 0.267 e. The predicted octanol–water partition coefficient (Wildman–Crippen LogP) is 3.37. The Morgan fingerprint density at radius 2 is 1.70 bits per heavy atom. The molecule has 0 aliphatic carbocycles. The lowest BCUT2D eigenvalue weighted by Gasteiger charge is -2.13. The van der Waals surface area contributed by atoms with Crippen LogP contribution >= 0.6 is 0 Å². The molecule has 0 unspecified atom stereocenters. The summed E-state index contributed by atoms with van der Waals surface area (Å²) < 4.78 is 37.3. The SMILES string of the molecule is Cc1cccc(C)c1-c1cc(Oc2ccc(-n3nnnc3C)cc2)nc(NS(=O)(=O)c2cnn(C)c2)n1. The number of aryl methyl sites for hydroxylation is 4. The van der Waals surface area contributed by atoms with E-state index in [1.54, 1.807) is 49.0 Å². The number of sulfonamides is 1. The minimum absolute atomic E-state index is 0.00738. The van der Waals surface area contributed by atoms with Gasteiger partial charge in [0.05, 0.1) is 17.6 Å². The van der Waals surface area contributed by atoms with Crippen LogP contribution in [0.25, 0.3) is 16.9 Å². The summed E-state index contributed by atoms with van der Waals surface area (Å²) in [6, 6.07) is 14.7. The number of anilines is 1. The fraction of sp³-hybridized carbons (Fsp3) is 0.167. The summed E-state index contributed by atoms with van der Waals surface area (Å²) in [6.45, 7) is 5.73. The van der Waals surface area contributed by atoms with Gasteiger partial charge in [-0.2, -0.15) is 14.8 Å². The molecule has 12 nitrogen and oxygen atoms in total. The summed E-state index contributed by atoms with van der Waals surface area (Å²) in [5.41, 5.74) is 4.10. The van der Waals surface area contributed by atoms with Gasteiger partial charge in [0, 0.05) is 24.9 Å². The highest BCUT2D eigenvalue weighted by molar-refractivity contribution is 7.92. The standard InChI is InChI=1S/C24H23N9O3S/c1-15-6-5-7-16(2)23(15)21-12-22(27-24(26-21)29-37(34,35)20-13-25-32(4)14-20)36-19-10-8-18(9-11-19)33-17(3)28-30-31-33/h5-14H,1-4H3,(H,26,27,29). The molecule has 0 aliphatic rings. The summed E-state index contributed by atoms with van der Waals surface area (Å²) in [5, 5.41) is 15.4. The number of tetrazole rings is 1. The minimum Gasteiger partial charge on any atom is -0.439 e. The molecule has 0 aliphatic heterocycles. The molecule has 0 saturated heterocycles. The highest BCUT2D eigenvalue weighted by Crippen LogP contribution is 2.31. The smallest absolute Gasteiger partial charge is 0.267 e. The van der Waals surface area contributed by atoms with Gasteiger partial charge in [0.25, 0.3) is 10.0 Å². The third-order valence-corrected chi connectivity index (χ3v) is 6.87. The van der Waals surface area contributed by atoms with Gasteiger partial charge >= 0.3 is 0 Å². The Morgan fingerprint density at radius 3 is 2.32 bits per heavy atom. The van der Waals surface area contributed by atoms with Crippen molar-refractivity contribution in [3.05, 3.63) is 77.9 Å². The molecule has 3 heterocycles. The fourth-order valence-electron chi connectivity index (χ4n) is 3.83. The zero-order chi connectivity index (χ0) is 26.2. The molecule has 0 saturated carbocycles. The van der Waals surface area contributed by atoms with Crippen molar-refractivity contribution in [1.82, 2.24) is 40.0 Å². The molecular weight excluding hydrogens is 494 g/mol. The molecule has 5 aromatic rings. The number of hydrogen-bond donors (Lipinski definition) is 1. The van der Waals surface area contributed by atoms with Crippen LogP contribution in [0.4, 0.5) is 5.95 Å². The van der Waals surface area contributed by atoms with Crippen molar-refractivity contribution in [2.75, 3.05) is 4.72 Å². The van der Waals surface area contributed by atoms with E-state index in [4.69, 9.17) is 4.74 Å². The van der Waals surface area contributed by atoms with Gasteiger partial charge in [0.15, 0.2) is 5.82 Å². The Kier molecular flexibility index (Phi) is 6.13. The van der Waals surface area contributed by atoms with Crippen molar-refractivity contribution in [3.63, 3.8) is 0 Å². The summed E-state index contributed by atoms with van der Waals surface area (Å²) in [5.74, 6) is 1.18. The summed E-state index contributed by atoms with van der Waals surface area (Å²) >= 11 is 0. The van der Waals surface area contributed by atoms with Crippen LogP contribution < -0.4 is 9.46 Å². The van der Waals surface area contributed by atoms with Gasteiger partial charge in [-0.3, -0.25) is 4.68 Å². The third-order valence-electron chi connectivity index (χ3n) is 5.59. The van der Waals surface area contributed by atoms with Gasteiger partial charge in [-0.25, -0.2) is 18.1 Å². The van der Waals surface area contributed by atoms with E-state index >= 15 is 0 Å². The topological polar surface area (TPSA) is 143 Å². The molecule has 0 spiro atoms. The van der Waals surface area contributed by atoms with Crippen LogP contribution in [0, 0.1) is 20.8 Å². The summed E-state index contributed by atoms with van der Waals surface area (Å²) in [7, 11) is -2.34. The van der Waals surface area contributed by atoms with E-state index in [-0.39, 0.29) is 16.7 Å². The van der Waals surface area contributed by atoms with Crippen LogP contribution in [0.5, 0.6) is 11.6 Å². The molecule has 0 amide bonds. The number of nitrogens with zero attached hydrogens (tertiary/aromatic N) is 8. The average Bonchev–Trinajstić information content (AvgIpc) is 3.48. The van der Waals surface area contributed by atoms with Crippen molar-refractivity contribution in [1.29, 1.82) is 0 Å². The van der Waals surface area contributed by atoms with Crippen LogP contribution in [-0.2, 0) is 17.1 Å². The monoisotopic (exact) mass is 517 g/mol. The Morgan fingerprint density at radius 1 is 0.973 bits per heavy atom. The van der Waals surface area contributed by atoms with Gasteiger partial charge in [0.2, 0.25) is 11.8 Å². The zero-order valence-corrected chi connectivity index (χ0v) is 21.3. The van der Waals surface area contributed by atoms with Crippen molar-refractivity contribution >= 4 is 16.0 Å². The molecule has 188 valence electrons. The lowest BCUT2D eigenvalue weighted by molar-refractivity contribution is 0.462. The molecule has 0 fully saturated rings. The van der Waals surface area contributed by atoms with E-state index in [1.165, 1.54) is 17.1 Å². The van der Waals surface area contributed by atoms with Crippen LogP contribution in [0.1, 0.15) is 17.0 Å². The Balaban J connectivity index is 1.52. The van der Waals surface area contributed by atoms with Crippen molar-refractivity contribution in [2.24, 2.45) is 7.05 Å². The third kappa shape index (κ3) is 5.02. The molecule has 0 bridgehead atoms. The first-order valence-electron chi connectivity index (χ1n) is 11.2. The fourth-order valence-corrected chi connectivity index (χ4v) is 4.76. The molecule has 1 N–H and O–H groups in total. The van der Waals surface area contributed by atoms with E-state index in [2.05, 4.69) is 35.3 Å². The van der Waals surface area contributed by atoms with Crippen molar-refractivity contribution in [2.45, 2.75) is 25.7 Å². The van der Waals surface area contributed by atoms with Crippen molar-refractivity contribution < 1.29 is 13.2 Å². The lowest BCUT2D eigenvalue weighted by Crippen LogP contribution is -2.15. The first kappa shape index (κ1) is 24.1. The molecule has 3 aromatic heterocycles. The second-order valence-corrected chi connectivity index (χ2v) is 10.1. The lowest BCUT2D eigenvalue weighted by atomic mass is 10.00. The van der Waals surface area contributed by atoms with Crippen LogP contribution in [0.15, 0.2) is 65.8 Å². The first-order chi connectivity index (χ1) is 17.7. The van der Waals surface area contributed by atoms with Gasteiger partial charge in [-0.05, 0) is 66.6 Å². The molecule has 5 rings (SSSR count). The molecule has 2 aromatic carbocycles. The molecule has 13 heteroatoms. The zero-order valence-electron chi connectivity index (χ0n) is 20.5. The maximum absolute atomic E-state index is 12.9. The number of benzene rings is 2. The molecular formula is C24H23N9O3S. The van der Waals surface area contributed by atoms with Crippen molar-refractivity contribution in [3.8, 4) is 28.6 Å². The van der Waals surface area contributed by atoms with Gasteiger partial charge in [-0.1, -0.05) is 18.2 Å². The van der Waals surface area contributed by atoms with Gasteiger partial charge in [-0.15, -0.1) is 5.10 Å². The number of aromatic nitrogens is 8. The number of nitrogens with one attached hydrogen (secondary N) is 1. The largest absolute Gasteiger partial charge is 0.439 e. The van der Waals surface area contributed by atoms with E-state index in [0.717, 1.165) is 22.4 Å². The highest BCUT2D eigenvalue weighted by atomic mass is 32.2. The maximum atomic E-state index is 12.9. The summed E-state index contributed by atoms with van der Waals surface area (Å²) in [6.07, 6.45) is 2.64. The molecule has 37 heavy (non-hydrogen) atoms. The summed E-state index contributed by atoms with van der Waals surface area (Å²) in [4.78, 5) is 8.83. The van der Waals surface area contributed by atoms with E-state index < -0.39 is 10.0 Å². The number of rotatable bonds is 7. The van der Waals surface area contributed by atoms with Crippen LogP contribution in [0.2, 0.25) is 0 Å². The quantitative estimate of drug-likeness (QED) is 0.344. The Labute approximate surface area is 213 Å². The predicted molar refractivity (Wildman–Crippen MR) is 135 cm³/mol. The van der Waals surface area contributed by atoms with E-state index in [9.17, 15) is 8.42 Å². The highest BCUT2D eigenvalue weighted by Gasteiger charge is 2.20. The van der Waals surface area contributed by atoms with Gasteiger partial charge in [0.1, 0.15) is 10.6 Å². The molecule has 0 atom stereocenters. The second-order valence-electron chi connectivity index (χ2n) is 8.37. The van der Waals surface area contributed by atoms with Gasteiger partial charge < -0.3 is 4.74 Å². The second kappa shape index (κ2) is 9.43.